The molecule has 1 fully saturated rings. The molecular formula is C13H18N2O3S2. The normalized spacial score (nSPS) is 19.0. The second kappa shape index (κ2) is 5.65. The molecule has 1 aromatic rings. The third kappa shape index (κ3) is 3.27. The molecule has 1 unspecified atom stereocenters. The number of nitrogens with two attached hydrogens (primary N) is 1. The van der Waals surface area contributed by atoms with Crippen LogP contribution in [-0.4, -0.2) is 50.1 Å². The number of amides is 1. The van der Waals surface area contributed by atoms with Gasteiger partial charge in [0.05, 0.1) is 4.90 Å². The van der Waals surface area contributed by atoms with Crippen molar-refractivity contribution in [1.29, 1.82) is 0 Å². The number of anilines is 1. The molecule has 1 aromatic carbocycles. The van der Waals surface area contributed by atoms with Crippen LogP contribution in [0.5, 0.6) is 0 Å². The molecule has 0 spiro atoms. The van der Waals surface area contributed by atoms with Crippen LogP contribution in [0.1, 0.15) is 16.8 Å². The molecule has 0 bridgehead atoms. The molecule has 0 aromatic heterocycles. The molecule has 20 heavy (non-hydrogen) atoms. The third-order valence-corrected chi connectivity index (χ3v) is 5.61. The number of hydrogen-bond donors (Lipinski definition) is 1. The Morgan fingerprint density at radius 1 is 1.40 bits per heavy atom. The molecule has 1 aliphatic rings. The van der Waals surface area contributed by atoms with Crippen molar-refractivity contribution in [3.63, 3.8) is 0 Å². The monoisotopic (exact) mass is 314 g/mol. The highest BCUT2D eigenvalue weighted by Gasteiger charge is 2.25. The maximum atomic E-state index is 12.4. The Hall–Kier alpha value is -1.21. The summed E-state index contributed by atoms with van der Waals surface area (Å²) in [6.45, 7) is 0. The summed E-state index contributed by atoms with van der Waals surface area (Å²) in [7, 11) is -1.63. The minimum Gasteiger partial charge on any atom is -0.399 e. The maximum absolute atomic E-state index is 12.4. The van der Waals surface area contributed by atoms with E-state index in [2.05, 4.69) is 0 Å². The minimum atomic E-state index is -3.38. The van der Waals surface area contributed by atoms with E-state index in [-0.39, 0.29) is 22.5 Å². The van der Waals surface area contributed by atoms with E-state index < -0.39 is 9.84 Å². The molecule has 1 atom stereocenters. The van der Waals surface area contributed by atoms with Crippen molar-refractivity contribution < 1.29 is 13.2 Å². The van der Waals surface area contributed by atoms with Crippen molar-refractivity contribution >= 4 is 33.2 Å². The van der Waals surface area contributed by atoms with Crippen LogP contribution in [0.15, 0.2) is 23.1 Å². The van der Waals surface area contributed by atoms with Crippen molar-refractivity contribution in [2.45, 2.75) is 17.4 Å². The lowest BCUT2D eigenvalue weighted by atomic mass is 10.1. The molecule has 0 radical (unpaired) electrons. The van der Waals surface area contributed by atoms with E-state index in [9.17, 15) is 13.2 Å². The molecule has 1 aliphatic heterocycles. The van der Waals surface area contributed by atoms with Gasteiger partial charge < -0.3 is 10.6 Å². The van der Waals surface area contributed by atoms with Crippen LogP contribution < -0.4 is 5.73 Å². The highest BCUT2D eigenvalue weighted by molar-refractivity contribution is 7.99. The summed E-state index contributed by atoms with van der Waals surface area (Å²) in [6, 6.07) is 4.50. The maximum Gasteiger partial charge on any atom is 0.253 e. The predicted octanol–water partition coefficient (Wildman–Crippen LogP) is 1.25. The van der Waals surface area contributed by atoms with Gasteiger partial charge in [-0.25, -0.2) is 8.42 Å². The summed E-state index contributed by atoms with van der Waals surface area (Å²) < 4.78 is 23.2. The molecular weight excluding hydrogens is 296 g/mol. The van der Waals surface area contributed by atoms with E-state index in [1.807, 2.05) is 11.8 Å². The molecule has 7 heteroatoms. The van der Waals surface area contributed by atoms with Crippen LogP contribution in [0, 0.1) is 0 Å². The molecule has 0 aliphatic carbocycles. The van der Waals surface area contributed by atoms with E-state index in [0.29, 0.717) is 5.56 Å². The predicted molar refractivity (Wildman–Crippen MR) is 81.8 cm³/mol. The van der Waals surface area contributed by atoms with Gasteiger partial charge in [-0.3, -0.25) is 4.79 Å². The molecule has 0 saturated carbocycles. The standard InChI is InChI=1S/C13H18N2O3S2/c1-15(11-3-4-19-8-11)13(16)9-5-10(14)7-12(6-9)20(2,17)18/h5-7,11H,3-4,8,14H2,1-2H3. The van der Waals surface area contributed by atoms with Crippen molar-refractivity contribution in [3.8, 4) is 0 Å². The summed E-state index contributed by atoms with van der Waals surface area (Å²) in [6.07, 6.45) is 2.07. The van der Waals surface area contributed by atoms with Gasteiger partial charge in [0, 0.05) is 36.3 Å². The highest BCUT2D eigenvalue weighted by atomic mass is 32.2. The number of nitrogen functional groups attached to an aromatic ring is 1. The quantitative estimate of drug-likeness (QED) is 0.849. The Kier molecular flexibility index (Phi) is 4.29. The first-order valence-corrected chi connectivity index (χ1v) is 9.29. The smallest absolute Gasteiger partial charge is 0.253 e. The first-order chi connectivity index (χ1) is 9.29. The van der Waals surface area contributed by atoms with Crippen molar-refractivity contribution in [2.75, 3.05) is 30.5 Å². The zero-order valence-electron chi connectivity index (χ0n) is 11.5. The van der Waals surface area contributed by atoms with Gasteiger partial charge in [0.1, 0.15) is 0 Å². The van der Waals surface area contributed by atoms with Gasteiger partial charge in [-0.2, -0.15) is 11.8 Å². The van der Waals surface area contributed by atoms with E-state index in [0.717, 1.165) is 24.2 Å². The number of benzene rings is 1. The molecule has 2 N–H and O–H groups in total. The molecule has 110 valence electrons. The number of rotatable bonds is 3. The highest BCUT2D eigenvalue weighted by Crippen LogP contribution is 2.24. The van der Waals surface area contributed by atoms with Gasteiger partial charge >= 0.3 is 0 Å². The summed E-state index contributed by atoms with van der Waals surface area (Å²) in [5, 5.41) is 0. The fourth-order valence-corrected chi connectivity index (χ4v) is 4.12. The van der Waals surface area contributed by atoms with E-state index in [1.165, 1.54) is 18.2 Å². The Bertz CT molecular complexity index is 623. The lowest BCUT2D eigenvalue weighted by Crippen LogP contribution is -2.37. The Morgan fingerprint density at radius 2 is 2.10 bits per heavy atom. The molecule has 1 saturated heterocycles. The number of nitrogens with zero attached hydrogens (tertiary/aromatic N) is 1. The van der Waals surface area contributed by atoms with Crippen LogP contribution in [-0.2, 0) is 9.84 Å². The molecule has 2 rings (SSSR count). The van der Waals surface area contributed by atoms with Crippen LogP contribution >= 0.6 is 11.8 Å². The second-order valence-corrected chi connectivity index (χ2v) is 8.16. The minimum absolute atomic E-state index is 0.0787. The van der Waals surface area contributed by atoms with Gasteiger partial charge in [0.15, 0.2) is 9.84 Å². The Morgan fingerprint density at radius 3 is 2.65 bits per heavy atom. The van der Waals surface area contributed by atoms with Crippen LogP contribution in [0.2, 0.25) is 0 Å². The van der Waals surface area contributed by atoms with Crippen LogP contribution in [0.4, 0.5) is 5.69 Å². The largest absolute Gasteiger partial charge is 0.399 e. The Labute approximate surface area is 123 Å². The van der Waals surface area contributed by atoms with Gasteiger partial charge in [-0.1, -0.05) is 0 Å². The zero-order chi connectivity index (χ0) is 14.9. The van der Waals surface area contributed by atoms with Crippen molar-refractivity contribution in [1.82, 2.24) is 4.90 Å². The average molecular weight is 314 g/mol. The number of thioether (sulfide) groups is 1. The topological polar surface area (TPSA) is 80.5 Å². The number of sulfone groups is 1. The Balaban J connectivity index is 2.32. The van der Waals surface area contributed by atoms with E-state index in [4.69, 9.17) is 5.73 Å². The van der Waals surface area contributed by atoms with Gasteiger partial charge in [0.25, 0.3) is 5.91 Å². The third-order valence-electron chi connectivity index (χ3n) is 3.38. The summed E-state index contributed by atoms with van der Waals surface area (Å²) in [4.78, 5) is 14.2. The summed E-state index contributed by atoms with van der Waals surface area (Å²) >= 11 is 1.82. The molecule has 1 heterocycles. The van der Waals surface area contributed by atoms with Crippen molar-refractivity contribution in [2.24, 2.45) is 0 Å². The van der Waals surface area contributed by atoms with Crippen molar-refractivity contribution in [3.05, 3.63) is 23.8 Å². The number of hydrogen-bond acceptors (Lipinski definition) is 5. The van der Waals surface area contributed by atoms with Crippen LogP contribution in [0.3, 0.4) is 0 Å². The lowest BCUT2D eigenvalue weighted by molar-refractivity contribution is 0.0747. The number of carbonyl (C=O) groups excluding carboxylic acids is 1. The van der Waals surface area contributed by atoms with Crippen LogP contribution in [0.25, 0.3) is 0 Å². The van der Waals surface area contributed by atoms with E-state index >= 15 is 0 Å². The number of carbonyl (C=O) groups is 1. The van der Waals surface area contributed by atoms with E-state index in [1.54, 1.807) is 11.9 Å². The second-order valence-electron chi connectivity index (χ2n) is 5.00. The van der Waals surface area contributed by atoms with Gasteiger partial charge in [-0.15, -0.1) is 0 Å². The summed E-state index contributed by atoms with van der Waals surface area (Å²) in [5.41, 5.74) is 6.31. The molecule has 5 nitrogen and oxygen atoms in total. The average Bonchev–Trinajstić information content (AvgIpc) is 2.89. The fourth-order valence-electron chi connectivity index (χ4n) is 2.16. The first kappa shape index (κ1) is 15.2. The summed E-state index contributed by atoms with van der Waals surface area (Å²) in [5.74, 6) is 1.78. The SMILES string of the molecule is CN(C(=O)c1cc(N)cc(S(C)(=O)=O)c1)C1CCSC1. The first-order valence-electron chi connectivity index (χ1n) is 6.24. The lowest BCUT2D eigenvalue weighted by Gasteiger charge is -2.24. The van der Waals surface area contributed by atoms with Gasteiger partial charge in [0.2, 0.25) is 0 Å². The molecule has 1 amide bonds. The van der Waals surface area contributed by atoms with Gasteiger partial charge in [-0.05, 0) is 30.4 Å². The fraction of sp³-hybridized carbons (Fsp3) is 0.462. The zero-order valence-corrected chi connectivity index (χ0v) is 13.1.